The summed E-state index contributed by atoms with van der Waals surface area (Å²) in [6.07, 6.45) is 0. The lowest BCUT2D eigenvalue weighted by Crippen LogP contribution is -2.53. The number of hydrogen-bond donors (Lipinski definition) is 2. The monoisotopic (exact) mass is 553 g/mol. The molecule has 11 heteroatoms. The van der Waals surface area contributed by atoms with Crippen LogP contribution in [-0.4, -0.2) is 65.6 Å². The van der Waals surface area contributed by atoms with E-state index in [-0.39, 0.29) is 36.3 Å². The van der Waals surface area contributed by atoms with Crippen LogP contribution in [0.3, 0.4) is 0 Å². The summed E-state index contributed by atoms with van der Waals surface area (Å²) in [5, 5.41) is 4.94. The van der Waals surface area contributed by atoms with Crippen LogP contribution in [0.15, 0.2) is 51.0 Å². The number of guanidine groups is 1. The van der Waals surface area contributed by atoms with Crippen molar-refractivity contribution in [2.75, 3.05) is 51.2 Å². The first-order valence-corrected chi connectivity index (χ1v) is 11.3. The molecule has 1 aromatic carbocycles. The number of anilines is 1. The molecule has 0 bridgehead atoms. The molecule has 3 rings (SSSR count). The molecule has 0 aliphatic carbocycles. The average Bonchev–Trinajstić information content (AvgIpc) is 3.25. The second-order valence-electron chi connectivity index (χ2n) is 6.25. The summed E-state index contributed by atoms with van der Waals surface area (Å²) in [4.78, 5) is 8.63. The first kappa shape index (κ1) is 23.8. The zero-order chi connectivity index (χ0) is 20.0. The minimum absolute atomic E-state index is 0. The Labute approximate surface area is 192 Å². The minimum atomic E-state index is -3.45. The van der Waals surface area contributed by atoms with E-state index < -0.39 is 10.0 Å². The second kappa shape index (κ2) is 11.1. The highest BCUT2D eigenvalue weighted by atomic mass is 127. The topological polar surface area (TPSA) is 77.0 Å². The van der Waals surface area contributed by atoms with Crippen molar-refractivity contribution in [2.45, 2.75) is 4.21 Å². The third-order valence-electron chi connectivity index (χ3n) is 4.44. The molecule has 1 fully saturated rings. The van der Waals surface area contributed by atoms with Crippen LogP contribution >= 0.6 is 35.3 Å². The van der Waals surface area contributed by atoms with Crippen LogP contribution in [0.4, 0.5) is 10.1 Å². The Balaban J connectivity index is 0.00000300. The zero-order valence-corrected chi connectivity index (χ0v) is 20.0. The first-order valence-electron chi connectivity index (χ1n) is 8.99. The Bertz CT molecular complexity index is 883. The van der Waals surface area contributed by atoms with Crippen molar-refractivity contribution in [3.8, 4) is 0 Å². The van der Waals surface area contributed by atoms with Gasteiger partial charge in [0.15, 0.2) is 5.96 Å². The van der Waals surface area contributed by atoms with Crippen LogP contribution in [0.2, 0.25) is 0 Å². The Morgan fingerprint density at radius 3 is 2.41 bits per heavy atom. The molecule has 2 aromatic rings. The fourth-order valence-corrected chi connectivity index (χ4v) is 5.08. The molecule has 7 nitrogen and oxygen atoms in total. The van der Waals surface area contributed by atoms with E-state index in [1.54, 1.807) is 36.7 Å². The predicted molar refractivity (Wildman–Crippen MR) is 126 cm³/mol. The molecule has 1 saturated heterocycles. The van der Waals surface area contributed by atoms with Gasteiger partial charge < -0.3 is 15.1 Å². The molecule has 2 heterocycles. The summed E-state index contributed by atoms with van der Waals surface area (Å²) in [5.41, 5.74) is 1.01. The van der Waals surface area contributed by atoms with Gasteiger partial charge in [-0.25, -0.2) is 17.5 Å². The third kappa shape index (κ3) is 6.52. The highest BCUT2D eigenvalue weighted by Gasteiger charge is 2.20. The summed E-state index contributed by atoms with van der Waals surface area (Å²) in [6.45, 7) is 3.87. The van der Waals surface area contributed by atoms with Crippen molar-refractivity contribution in [2.24, 2.45) is 4.99 Å². The smallest absolute Gasteiger partial charge is 0.250 e. The molecule has 1 aliphatic heterocycles. The molecule has 0 amide bonds. The fraction of sp³-hybridized carbons (Fsp3) is 0.389. The molecule has 0 saturated carbocycles. The minimum Gasteiger partial charge on any atom is -0.368 e. The molecule has 1 aromatic heterocycles. The number of hydrogen-bond acceptors (Lipinski definition) is 5. The predicted octanol–water partition coefficient (Wildman–Crippen LogP) is 2.18. The Hall–Kier alpha value is -1.44. The first-order chi connectivity index (χ1) is 13.5. The number of rotatable bonds is 6. The van der Waals surface area contributed by atoms with Crippen molar-refractivity contribution in [1.29, 1.82) is 0 Å². The van der Waals surface area contributed by atoms with Gasteiger partial charge in [-0.2, -0.15) is 0 Å². The van der Waals surface area contributed by atoms with Crippen LogP contribution in [0.25, 0.3) is 0 Å². The summed E-state index contributed by atoms with van der Waals surface area (Å²) < 4.78 is 40.2. The van der Waals surface area contributed by atoms with E-state index in [4.69, 9.17) is 0 Å². The third-order valence-corrected chi connectivity index (χ3v) is 7.30. The van der Waals surface area contributed by atoms with Gasteiger partial charge >= 0.3 is 0 Å². The van der Waals surface area contributed by atoms with E-state index in [0.717, 1.165) is 37.8 Å². The zero-order valence-electron chi connectivity index (χ0n) is 16.0. The van der Waals surface area contributed by atoms with Crippen molar-refractivity contribution in [3.63, 3.8) is 0 Å². The van der Waals surface area contributed by atoms with Gasteiger partial charge in [0, 0.05) is 52.0 Å². The van der Waals surface area contributed by atoms with Gasteiger partial charge in [0.2, 0.25) is 10.0 Å². The number of nitrogens with one attached hydrogen (secondary N) is 2. The number of halogens is 2. The van der Waals surface area contributed by atoms with Gasteiger partial charge in [0.05, 0.1) is 0 Å². The lowest BCUT2D eigenvalue weighted by Gasteiger charge is -2.37. The molecule has 0 spiro atoms. The molecular weight excluding hydrogens is 528 g/mol. The van der Waals surface area contributed by atoms with E-state index in [1.807, 2.05) is 0 Å². The van der Waals surface area contributed by atoms with Gasteiger partial charge in [-0.3, -0.25) is 4.99 Å². The van der Waals surface area contributed by atoms with Crippen LogP contribution in [-0.2, 0) is 10.0 Å². The van der Waals surface area contributed by atoms with Crippen molar-refractivity contribution >= 4 is 57.0 Å². The highest BCUT2D eigenvalue weighted by molar-refractivity contribution is 14.0. The number of thiophene rings is 1. The van der Waals surface area contributed by atoms with E-state index >= 15 is 0 Å². The molecule has 0 radical (unpaired) electrons. The summed E-state index contributed by atoms with van der Waals surface area (Å²) in [5.74, 6) is 0.510. The fourth-order valence-electron chi connectivity index (χ4n) is 3.01. The van der Waals surface area contributed by atoms with Crippen molar-refractivity contribution in [1.82, 2.24) is 14.9 Å². The van der Waals surface area contributed by atoms with Gasteiger partial charge in [0.25, 0.3) is 0 Å². The molecule has 1 aliphatic rings. The van der Waals surface area contributed by atoms with Gasteiger partial charge in [0.1, 0.15) is 10.0 Å². The number of piperazine rings is 1. The number of nitrogens with zero attached hydrogens (tertiary/aromatic N) is 3. The average molecular weight is 553 g/mol. The van der Waals surface area contributed by atoms with E-state index in [9.17, 15) is 12.8 Å². The molecular formula is C18H25FIN5O2S2. The Morgan fingerprint density at radius 1 is 1.14 bits per heavy atom. The molecule has 0 unspecified atom stereocenters. The summed E-state index contributed by atoms with van der Waals surface area (Å²) in [6, 6.07) is 9.82. The standard InChI is InChI=1S/C18H24FN5O2S2.HI/c1-20-18(21-8-9-22-28(25,26)17-3-2-14-27-17)24-12-10-23(11-13-24)16-6-4-15(19)5-7-16;/h2-7,14,22H,8-13H2,1H3,(H,20,21);1H. The van der Waals surface area contributed by atoms with E-state index in [0.29, 0.717) is 10.8 Å². The van der Waals surface area contributed by atoms with E-state index in [2.05, 4.69) is 24.8 Å². The van der Waals surface area contributed by atoms with Gasteiger partial charge in [-0.1, -0.05) is 6.07 Å². The lowest BCUT2D eigenvalue weighted by atomic mass is 10.2. The number of benzene rings is 1. The highest BCUT2D eigenvalue weighted by Crippen LogP contribution is 2.17. The Morgan fingerprint density at radius 2 is 1.83 bits per heavy atom. The molecule has 0 atom stereocenters. The molecule has 160 valence electrons. The SMILES string of the molecule is CN=C(NCCNS(=O)(=O)c1cccs1)N1CCN(c2ccc(F)cc2)CC1.I. The maximum absolute atomic E-state index is 13.1. The number of sulfonamides is 1. The maximum Gasteiger partial charge on any atom is 0.250 e. The largest absolute Gasteiger partial charge is 0.368 e. The molecule has 2 N–H and O–H groups in total. The van der Waals surface area contributed by atoms with Gasteiger partial charge in [-0.15, -0.1) is 35.3 Å². The normalized spacial score (nSPS) is 15.2. The summed E-state index contributed by atoms with van der Waals surface area (Å²) in [7, 11) is -1.73. The van der Waals surface area contributed by atoms with Crippen molar-refractivity contribution < 1.29 is 12.8 Å². The van der Waals surface area contributed by atoms with E-state index in [1.165, 1.54) is 23.5 Å². The summed E-state index contributed by atoms with van der Waals surface area (Å²) >= 11 is 1.19. The van der Waals surface area contributed by atoms with Crippen LogP contribution in [0.5, 0.6) is 0 Å². The maximum atomic E-state index is 13.1. The van der Waals surface area contributed by atoms with Gasteiger partial charge in [-0.05, 0) is 35.7 Å². The lowest BCUT2D eigenvalue weighted by molar-refractivity contribution is 0.373. The van der Waals surface area contributed by atoms with Crippen LogP contribution in [0, 0.1) is 5.82 Å². The van der Waals surface area contributed by atoms with Crippen LogP contribution < -0.4 is 14.9 Å². The number of aliphatic imine (C=N–C) groups is 1. The second-order valence-corrected chi connectivity index (χ2v) is 9.20. The van der Waals surface area contributed by atoms with Crippen molar-refractivity contribution in [3.05, 3.63) is 47.6 Å². The molecule has 29 heavy (non-hydrogen) atoms. The van der Waals surface area contributed by atoms with Crippen LogP contribution in [0.1, 0.15) is 0 Å². The Kier molecular flexibility index (Phi) is 9.11. The quantitative estimate of drug-likeness (QED) is 0.248.